The van der Waals surface area contributed by atoms with Crippen LogP contribution in [0, 0.1) is 0 Å². The van der Waals surface area contributed by atoms with Crippen molar-refractivity contribution in [2.75, 3.05) is 13.1 Å². The minimum atomic E-state index is -0.965. The maximum Gasteiger partial charge on any atom is 0.259 e. The average molecular weight is 251 g/mol. The van der Waals surface area contributed by atoms with Gasteiger partial charge in [-0.1, -0.05) is 11.2 Å². The highest BCUT2D eigenvalue weighted by Crippen LogP contribution is 2.31. The summed E-state index contributed by atoms with van der Waals surface area (Å²) in [6.45, 7) is 1.54. The minimum absolute atomic E-state index is 0.336. The zero-order valence-corrected chi connectivity index (χ0v) is 10.0. The number of nitrogens with one attached hydrogen (secondary N) is 1. The van der Waals surface area contributed by atoms with E-state index in [1.54, 1.807) is 11.3 Å². The third kappa shape index (κ3) is 1.99. The number of thiophene rings is 1. The van der Waals surface area contributed by atoms with Crippen LogP contribution in [-0.2, 0) is 5.60 Å². The molecule has 6 heteroatoms. The third-order valence-corrected chi connectivity index (χ3v) is 3.86. The molecule has 3 rings (SSSR count). The van der Waals surface area contributed by atoms with Gasteiger partial charge >= 0.3 is 0 Å². The molecular formula is C11H13N3O2S. The molecule has 1 saturated heterocycles. The zero-order chi connectivity index (χ0) is 11.7. The van der Waals surface area contributed by atoms with Crippen LogP contribution < -0.4 is 5.32 Å². The van der Waals surface area contributed by atoms with E-state index >= 15 is 0 Å². The minimum Gasteiger partial charge on any atom is -0.380 e. The SMILES string of the molecule is OC1(c2nc(-c3cccs3)no2)CCNCC1. The fourth-order valence-corrected chi connectivity index (χ4v) is 2.62. The molecule has 17 heavy (non-hydrogen) atoms. The van der Waals surface area contributed by atoms with Crippen molar-refractivity contribution in [3.63, 3.8) is 0 Å². The molecule has 0 bridgehead atoms. The Hall–Kier alpha value is -1.24. The molecule has 0 saturated carbocycles. The molecule has 1 aliphatic heterocycles. The summed E-state index contributed by atoms with van der Waals surface area (Å²) in [7, 11) is 0. The molecule has 0 radical (unpaired) electrons. The van der Waals surface area contributed by atoms with E-state index in [9.17, 15) is 5.11 Å². The molecule has 0 amide bonds. The van der Waals surface area contributed by atoms with Crippen LogP contribution in [0.15, 0.2) is 22.0 Å². The highest BCUT2D eigenvalue weighted by atomic mass is 32.1. The molecule has 1 aliphatic rings. The molecule has 0 atom stereocenters. The summed E-state index contributed by atoms with van der Waals surface area (Å²) in [6, 6.07) is 3.88. The number of nitrogens with zero attached hydrogens (tertiary/aromatic N) is 2. The van der Waals surface area contributed by atoms with Gasteiger partial charge in [0.25, 0.3) is 5.89 Å². The van der Waals surface area contributed by atoms with Crippen molar-refractivity contribution in [3.8, 4) is 10.7 Å². The highest BCUT2D eigenvalue weighted by molar-refractivity contribution is 7.13. The Morgan fingerprint density at radius 3 is 2.94 bits per heavy atom. The third-order valence-electron chi connectivity index (χ3n) is 3.00. The van der Waals surface area contributed by atoms with Crippen molar-refractivity contribution in [2.24, 2.45) is 0 Å². The number of piperidine rings is 1. The predicted molar refractivity (Wildman–Crippen MR) is 63.6 cm³/mol. The normalized spacial score (nSPS) is 19.4. The van der Waals surface area contributed by atoms with Crippen LogP contribution in [0.25, 0.3) is 10.7 Å². The van der Waals surface area contributed by atoms with Gasteiger partial charge in [-0.3, -0.25) is 0 Å². The number of hydrogen-bond donors (Lipinski definition) is 2. The number of hydrogen-bond acceptors (Lipinski definition) is 6. The topological polar surface area (TPSA) is 71.2 Å². The summed E-state index contributed by atoms with van der Waals surface area (Å²) >= 11 is 1.56. The lowest BCUT2D eigenvalue weighted by molar-refractivity contribution is -0.0228. The zero-order valence-electron chi connectivity index (χ0n) is 9.22. The molecule has 5 nitrogen and oxygen atoms in total. The molecule has 0 aliphatic carbocycles. The van der Waals surface area contributed by atoms with Crippen LogP contribution in [0.3, 0.4) is 0 Å². The van der Waals surface area contributed by atoms with Crippen LogP contribution in [0.2, 0.25) is 0 Å². The second-order valence-electron chi connectivity index (χ2n) is 4.18. The Morgan fingerprint density at radius 2 is 2.24 bits per heavy atom. The molecule has 0 unspecified atom stereocenters. The average Bonchev–Trinajstić information content (AvgIpc) is 3.01. The second-order valence-corrected chi connectivity index (χ2v) is 5.13. The molecular weight excluding hydrogens is 238 g/mol. The number of rotatable bonds is 2. The van der Waals surface area contributed by atoms with Gasteiger partial charge in [-0.15, -0.1) is 11.3 Å². The second kappa shape index (κ2) is 4.21. The lowest BCUT2D eigenvalue weighted by atomic mass is 9.92. The summed E-state index contributed by atoms with van der Waals surface area (Å²) < 4.78 is 5.20. The first kappa shape index (κ1) is 10.9. The maximum atomic E-state index is 10.4. The van der Waals surface area contributed by atoms with E-state index in [1.165, 1.54) is 0 Å². The van der Waals surface area contributed by atoms with E-state index < -0.39 is 5.60 Å². The van der Waals surface area contributed by atoms with Crippen molar-refractivity contribution in [1.82, 2.24) is 15.5 Å². The molecule has 1 fully saturated rings. The van der Waals surface area contributed by atoms with E-state index in [4.69, 9.17) is 4.52 Å². The largest absolute Gasteiger partial charge is 0.380 e. The lowest BCUT2D eigenvalue weighted by Gasteiger charge is -2.28. The Balaban J connectivity index is 1.89. The first-order valence-electron chi connectivity index (χ1n) is 5.59. The molecule has 2 N–H and O–H groups in total. The first-order valence-corrected chi connectivity index (χ1v) is 6.47. The molecule has 90 valence electrons. The summed E-state index contributed by atoms with van der Waals surface area (Å²) in [4.78, 5) is 5.26. The smallest absolute Gasteiger partial charge is 0.259 e. The Bertz CT molecular complexity index is 489. The summed E-state index contributed by atoms with van der Waals surface area (Å²) in [5, 5.41) is 19.5. The van der Waals surface area contributed by atoms with Crippen LogP contribution in [-0.4, -0.2) is 28.3 Å². The van der Waals surface area contributed by atoms with E-state index in [0.29, 0.717) is 24.6 Å². The van der Waals surface area contributed by atoms with Crippen molar-refractivity contribution in [3.05, 3.63) is 23.4 Å². The first-order chi connectivity index (χ1) is 8.28. The quantitative estimate of drug-likeness (QED) is 0.843. The van der Waals surface area contributed by atoms with Crippen LogP contribution >= 0.6 is 11.3 Å². The van der Waals surface area contributed by atoms with Crippen LogP contribution in [0.4, 0.5) is 0 Å². The highest BCUT2D eigenvalue weighted by Gasteiger charge is 2.37. The van der Waals surface area contributed by atoms with Gasteiger partial charge in [0.15, 0.2) is 0 Å². The number of aliphatic hydroxyl groups is 1. The van der Waals surface area contributed by atoms with Crippen molar-refractivity contribution in [1.29, 1.82) is 0 Å². The monoisotopic (exact) mass is 251 g/mol. The Morgan fingerprint density at radius 1 is 1.41 bits per heavy atom. The molecule has 2 aromatic rings. The molecule has 0 aromatic carbocycles. The predicted octanol–water partition coefficient (Wildman–Crippen LogP) is 1.37. The summed E-state index contributed by atoms with van der Waals surface area (Å²) in [6.07, 6.45) is 1.22. The van der Waals surface area contributed by atoms with Crippen molar-refractivity contribution < 1.29 is 9.63 Å². The lowest BCUT2D eigenvalue weighted by Crippen LogP contribution is -2.39. The van der Waals surface area contributed by atoms with Gasteiger partial charge in [0, 0.05) is 0 Å². The maximum absolute atomic E-state index is 10.4. The summed E-state index contributed by atoms with van der Waals surface area (Å²) in [5.41, 5.74) is -0.965. The molecule has 0 spiro atoms. The van der Waals surface area contributed by atoms with E-state index in [2.05, 4.69) is 15.5 Å². The van der Waals surface area contributed by atoms with E-state index in [1.807, 2.05) is 17.5 Å². The van der Waals surface area contributed by atoms with E-state index in [0.717, 1.165) is 18.0 Å². The van der Waals surface area contributed by atoms with E-state index in [-0.39, 0.29) is 0 Å². The Kier molecular flexibility index (Phi) is 2.70. The number of aromatic nitrogens is 2. The van der Waals surface area contributed by atoms with Gasteiger partial charge in [-0.05, 0) is 37.4 Å². The fraction of sp³-hybridized carbons (Fsp3) is 0.455. The molecule has 2 aromatic heterocycles. The van der Waals surface area contributed by atoms with Gasteiger partial charge in [-0.25, -0.2) is 0 Å². The van der Waals surface area contributed by atoms with Gasteiger partial charge in [0.05, 0.1) is 4.88 Å². The van der Waals surface area contributed by atoms with Crippen LogP contribution in [0.5, 0.6) is 0 Å². The Labute approximate surface area is 102 Å². The van der Waals surface area contributed by atoms with Gasteiger partial charge in [0.2, 0.25) is 5.82 Å². The molecule has 3 heterocycles. The van der Waals surface area contributed by atoms with Crippen molar-refractivity contribution >= 4 is 11.3 Å². The van der Waals surface area contributed by atoms with Crippen molar-refractivity contribution in [2.45, 2.75) is 18.4 Å². The van der Waals surface area contributed by atoms with Crippen LogP contribution in [0.1, 0.15) is 18.7 Å². The fourth-order valence-electron chi connectivity index (χ4n) is 1.97. The van der Waals surface area contributed by atoms with Gasteiger partial charge in [0.1, 0.15) is 5.60 Å². The standard InChI is InChI=1S/C11H13N3O2S/c15-11(3-5-12-6-4-11)10-13-9(14-16-10)8-2-1-7-17-8/h1-2,7,12,15H,3-6H2. The van der Waals surface area contributed by atoms with Gasteiger partial charge in [-0.2, -0.15) is 4.98 Å². The van der Waals surface area contributed by atoms with Gasteiger partial charge < -0.3 is 14.9 Å². The summed E-state index contributed by atoms with van der Waals surface area (Å²) in [5.74, 6) is 0.893.